The summed E-state index contributed by atoms with van der Waals surface area (Å²) in [5.74, 6) is 0.00873. The second-order valence-corrected chi connectivity index (χ2v) is 39.0. The Morgan fingerprint density at radius 1 is 0.221 bits per heavy atom. The van der Waals surface area contributed by atoms with Crippen molar-refractivity contribution in [2.24, 2.45) is 0 Å². The minimum Gasteiger partial charge on any atom is -0.491 e. The Balaban J connectivity index is 0.000000156. The Kier molecular flexibility index (Phi) is 33.1. The first-order valence-corrected chi connectivity index (χ1v) is 46.6. The molecular weight excluding hydrogens is 1750 g/mol. The van der Waals surface area contributed by atoms with Crippen LogP contribution in [0.5, 0.6) is 23.0 Å². The molecule has 8 aromatic carbocycles. The van der Waals surface area contributed by atoms with Crippen LogP contribution in [-0.4, -0.2) is 176 Å². The fourth-order valence-electron chi connectivity index (χ4n) is 14.3. The van der Waals surface area contributed by atoms with Gasteiger partial charge in [-0.15, -0.1) is 0 Å². The second kappa shape index (κ2) is 44.3. The number of hydrogen-bond acceptors (Lipinski definition) is 28. The Bertz CT molecular complexity index is 5050. The van der Waals surface area contributed by atoms with Gasteiger partial charge >= 0.3 is 47.8 Å². The van der Waals surface area contributed by atoms with Crippen molar-refractivity contribution in [1.29, 1.82) is 0 Å². The van der Waals surface area contributed by atoms with Crippen LogP contribution < -0.4 is 18.9 Å². The minimum absolute atomic E-state index is 0.161. The molecule has 0 bridgehead atoms. The van der Waals surface area contributed by atoms with Gasteiger partial charge in [0.05, 0.1) is 99.5 Å². The number of carbonyl (C=O) groups is 8. The SMILES string of the molecule is CC(C)(OC(=O)CCC1CO1)c1ccc(C(C)(C)OC(=O)CCC2CO2)cc1.CC(C)(OC(=O)CCC1CO1)c1cccc(C(C)(C)OC(=O)CCC2CO2)c1.CC(C)(OC(=O)c1ccc(OCC2CO2)cc1)c1ccc(C(C)(C)OC(=O)c2ccc(OCC3CO3)cc2)cc1.CC(C)(OC(=O)c1ccc(OCC2CO2)cc1)c1cccc(C(C)(C)OC(=O)c2ccc(OCC3CO3)cc2)c1. The van der Waals surface area contributed by atoms with Gasteiger partial charge < -0.3 is 94.7 Å². The lowest BCUT2D eigenvalue weighted by Crippen LogP contribution is -2.28. The highest BCUT2D eigenvalue weighted by Crippen LogP contribution is 2.39. The molecule has 8 aliphatic rings. The van der Waals surface area contributed by atoms with E-state index in [4.69, 9.17) is 94.7 Å². The average molecular weight is 1870 g/mol. The lowest BCUT2D eigenvalue weighted by molar-refractivity contribution is -0.159. The molecule has 8 unspecified atom stereocenters. The van der Waals surface area contributed by atoms with Crippen molar-refractivity contribution < 1.29 is 133 Å². The van der Waals surface area contributed by atoms with E-state index in [1.165, 1.54) is 0 Å². The average Bonchev–Trinajstić information content (AvgIpc) is 1.31. The van der Waals surface area contributed by atoms with Crippen molar-refractivity contribution in [3.63, 3.8) is 0 Å². The fourth-order valence-corrected chi connectivity index (χ4v) is 14.3. The number of epoxide rings is 8. The van der Waals surface area contributed by atoms with Gasteiger partial charge in [-0.05, 0) is 290 Å². The van der Waals surface area contributed by atoms with E-state index >= 15 is 0 Å². The summed E-state index contributed by atoms with van der Waals surface area (Å²) in [5, 5.41) is 0. The quantitative estimate of drug-likeness (QED) is 0.0194. The highest BCUT2D eigenvalue weighted by molar-refractivity contribution is 5.92. The third-order valence-corrected chi connectivity index (χ3v) is 23.9. The Labute approximate surface area is 795 Å². The number of benzene rings is 8. The highest BCUT2D eigenvalue weighted by Gasteiger charge is 2.39. The molecule has 8 fully saturated rings. The summed E-state index contributed by atoms with van der Waals surface area (Å²) in [6.07, 6.45) is 5.75. The lowest BCUT2D eigenvalue weighted by atomic mass is 9.90. The maximum Gasteiger partial charge on any atom is 0.338 e. The summed E-state index contributed by atoms with van der Waals surface area (Å²) >= 11 is 0. The van der Waals surface area contributed by atoms with Gasteiger partial charge in [0.15, 0.2) is 0 Å². The van der Waals surface area contributed by atoms with E-state index < -0.39 is 68.7 Å². The minimum atomic E-state index is -0.937. The molecule has 0 saturated carbocycles. The maximum atomic E-state index is 12.9. The summed E-state index contributed by atoms with van der Waals surface area (Å²) < 4.78 is 110. The molecule has 16 rings (SSSR count). The van der Waals surface area contributed by atoms with Crippen molar-refractivity contribution in [2.45, 2.75) is 256 Å². The molecule has 28 nitrogen and oxygen atoms in total. The van der Waals surface area contributed by atoms with E-state index in [1.54, 1.807) is 97.1 Å². The zero-order valence-corrected chi connectivity index (χ0v) is 80.7. The van der Waals surface area contributed by atoms with Crippen LogP contribution in [0.25, 0.3) is 0 Å². The molecule has 8 heterocycles. The van der Waals surface area contributed by atoms with E-state index in [2.05, 4.69) is 0 Å². The van der Waals surface area contributed by atoms with Crippen molar-refractivity contribution in [3.8, 4) is 23.0 Å². The molecule has 0 spiro atoms. The van der Waals surface area contributed by atoms with Crippen LogP contribution in [0.2, 0.25) is 0 Å². The first-order chi connectivity index (χ1) is 64.5. The topological polar surface area (TPSA) is 348 Å². The van der Waals surface area contributed by atoms with E-state index in [0.717, 1.165) is 97.4 Å². The van der Waals surface area contributed by atoms with Crippen molar-refractivity contribution in [1.82, 2.24) is 0 Å². The predicted molar refractivity (Wildman–Crippen MR) is 499 cm³/mol. The summed E-state index contributed by atoms with van der Waals surface area (Å²) in [6, 6.07) is 57.8. The molecule has 8 atom stereocenters. The van der Waals surface area contributed by atoms with Crippen LogP contribution in [0.4, 0.5) is 0 Å². The molecule has 0 N–H and O–H groups in total. The van der Waals surface area contributed by atoms with E-state index in [0.29, 0.717) is 123 Å². The Hall–Kier alpha value is -11.6. The molecule has 8 aromatic rings. The van der Waals surface area contributed by atoms with Gasteiger partial charge in [0.25, 0.3) is 0 Å². The van der Waals surface area contributed by atoms with Gasteiger partial charge in [0.1, 0.15) is 119 Å². The molecule has 28 heteroatoms. The van der Waals surface area contributed by atoms with Gasteiger partial charge in [-0.25, -0.2) is 19.2 Å². The largest absolute Gasteiger partial charge is 0.491 e. The second-order valence-electron chi connectivity index (χ2n) is 39.0. The molecule has 728 valence electrons. The van der Waals surface area contributed by atoms with Crippen LogP contribution in [0.15, 0.2) is 194 Å². The number of hydrogen-bond donors (Lipinski definition) is 0. The van der Waals surface area contributed by atoms with Crippen LogP contribution in [-0.2, 0) is 140 Å². The Morgan fingerprint density at radius 3 is 0.559 bits per heavy atom. The number of carbonyl (C=O) groups excluding carboxylic acids is 8. The van der Waals surface area contributed by atoms with E-state index in [-0.39, 0.29) is 72.7 Å². The van der Waals surface area contributed by atoms with Crippen LogP contribution >= 0.6 is 0 Å². The maximum absolute atomic E-state index is 12.9. The lowest BCUT2D eigenvalue weighted by Gasteiger charge is -2.30. The standard InChI is InChI=1S/2C32H34O8.2C22H30O6/c1-31(2,39-29(33)21-5-13-25(14-6-21)35-17-27-19-37-27)23-9-11-24(12-10-23)32(3,4)40-30(34)22-7-15-26(16-8-22)36-18-28-20-38-28;1-31(2,39-29(33)21-8-12-25(13-9-21)35-17-27-19-37-27)23-6-5-7-24(16-23)32(3,4)40-30(34)22-10-14-26(15-11-22)36-18-28-20-38-28;1-21(2,27-19(23)11-9-17-13-25-17)15-5-7-16(8-6-15)22(3,4)28-20(24)12-10-18-14-26-18;1-21(2,27-19(23)10-8-17-13-25-17)15-6-5-7-16(12-15)22(3,4)28-20(24)11-9-18-14-26-18/h2*5-16,27-28H,17-20H2,1-4H3;5-8,17-18H,9-14H2,1-4H3;5-7,12,17-18H,8-11,13-14H2,1-4H3. The molecule has 0 aliphatic carbocycles. The molecule has 8 saturated heterocycles. The fraction of sp³-hybridized carbons (Fsp3) is 0.481. The monoisotopic (exact) mass is 1870 g/mol. The number of ether oxygens (including phenoxy) is 20. The summed E-state index contributed by atoms with van der Waals surface area (Å²) in [6.45, 7) is 37.5. The predicted octanol–water partition coefficient (Wildman–Crippen LogP) is 18.1. The van der Waals surface area contributed by atoms with Crippen LogP contribution in [0.3, 0.4) is 0 Å². The van der Waals surface area contributed by atoms with Gasteiger partial charge in [0, 0.05) is 25.7 Å². The van der Waals surface area contributed by atoms with Gasteiger partial charge in [-0.1, -0.05) is 84.9 Å². The summed E-state index contributed by atoms with van der Waals surface area (Å²) in [7, 11) is 0. The molecular formula is C108H128O28. The van der Waals surface area contributed by atoms with Crippen molar-refractivity contribution in [3.05, 3.63) is 261 Å². The van der Waals surface area contributed by atoms with Gasteiger partial charge in [0.2, 0.25) is 0 Å². The van der Waals surface area contributed by atoms with Crippen LogP contribution in [0.1, 0.15) is 248 Å². The first-order valence-electron chi connectivity index (χ1n) is 46.6. The van der Waals surface area contributed by atoms with E-state index in [9.17, 15) is 38.4 Å². The number of esters is 8. The third kappa shape index (κ3) is 32.3. The van der Waals surface area contributed by atoms with Gasteiger partial charge in [-0.3, -0.25) is 19.2 Å². The zero-order valence-electron chi connectivity index (χ0n) is 80.7. The van der Waals surface area contributed by atoms with Gasteiger partial charge in [-0.2, -0.15) is 0 Å². The molecule has 8 aliphatic heterocycles. The van der Waals surface area contributed by atoms with Crippen LogP contribution in [0, 0.1) is 0 Å². The smallest absolute Gasteiger partial charge is 0.338 e. The molecule has 0 radical (unpaired) electrons. The summed E-state index contributed by atoms with van der Waals surface area (Å²) in [4.78, 5) is 100. The Morgan fingerprint density at radius 2 is 0.382 bits per heavy atom. The molecule has 136 heavy (non-hydrogen) atoms. The van der Waals surface area contributed by atoms with Crippen molar-refractivity contribution in [2.75, 3.05) is 79.3 Å². The van der Waals surface area contributed by atoms with Crippen molar-refractivity contribution >= 4 is 47.8 Å². The normalized spacial score (nSPS) is 19.3. The molecule has 0 amide bonds. The zero-order chi connectivity index (χ0) is 97.4. The van der Waals surface area contributed by atoms with E-state index in [1.807, 2.05) is 208 Å². The number of rotatable bonds is 44. The highest BCUT2D eigenvalue weighted by atomic mass is 16.6. The summed E-state index contributed by atoms with van der Waals surface area (Å²) in [5.41, 5.74) is 1.71. The molecule has 0 aromatic heterocycles. The first kappa shape index (κ1) is 102. The third-order valence-electron chi connectivity index (χ3n) is 23.9.